The molecule has 4 heteroatoms. The normalized spacial score (nSPS) is 14.4. The molecule has 1 aromatic carbocycles. The minimum Gasteiger partial charge on any atom is -0.493 e. The molecule has 98 valence electrons. The number of hydrogen-bond donors (Lipinski definition) is 1. The van der Waals surface area contributed by atoms with E-state index in [-0.39, 0.29) is 5.97 Å². The lowest BCUT2D eigenvalue weighted by Crippen LogP contribution is -2.41. The number of carbonyl (C=O) groups is 1. The van der Waals surface area contributed by atoms with Gasteiger partial charge in [-0.15, -0.1) is 0 Å². The molecule has 0 unspecified atom stereocenters. The van der Waals surface area contributed by atoms with Crippen LogP contribution in [0.15, 0.2) is 18.2 Å². The molecule has 0 fully saturated rings. The van der Waals surface area contributed by atoms with Crippen molar-refractivity contribution >= 4 is 11.7 Å². The second-order valence-corrected chi connectivity index (χ2v) is 5.02. The zero-order valence-corrected chi connectivity index (χ0v) is 11.1. The first-order chi connectivity index (χ1) is 8.53. The fourth-order valence-corrected chi connectivity index (χ4v) is 2.11. The summed E-state index contributed by atoms with van der Waals surface area (Å²) in [6, 6.07) is 5.91. The summed E-state index contributed by atoms with van der Waals surface area (Å²) in [5.41, 5.74) is 1.36. The van der Waals surface area contributed by atoms with Gasteiger partial charge in [-0.3, -0.25) is 0 Å². The van der Waals surface area contributed by atoms with Crippen molar-refractivity contribution in [2.75, 3.05) is 19.0 Å². The van der Waals surface area contributed by atoms with Crippen LogP contribution in [0.5, 0.6) is 5.75 Å². The number of methoxy groups -OCH3 is 1. The lowest BCUT2D eigenvalue weighted by Gasteiger charge is -2.25. The molecule has 0 spiro atoms. The number of esters is 1. The minimum atomic E-state index is -0.738. The van der Waals surface area contributed by atoms with Gasteiger partial charge in [0.15, 0.2) is 0 Å². The molecule has 0 saturated carbocycles. The van der Waals surface area contributed by atoms with Crippen molar-refractivity contribution in [3.05, 3.63) is 23.8 Å². The van der Waals surface area contributed by atoms with Crippen LogP contribution in [-0.2, 0) is 16.0 Å². The Bertz CT molecular complexity index is 454. The molecule has 0 radical (unpaired) electrons. The van der Waals surface area contributed by atoms with Gasteiger partial charge >= 0.3 is 5.97 Å². The lowest BCUT2D eigenvalue weighted by atomic mass is 10.0. The first kappa shape index (κ1) is 12.7. The van der Waals surface area contributed by atoms with Crippen molar-refractivity contribution in [2.45, 2.75) is 32.2 Å². The summed E-state index contributed by atoms with van der Waals surface area (Å²) in [5, 5.41) is 3.19. The highest BCUT2D eigenvalue weighted by atomic mass is 16.5. The molecule has 0 amide bonds. The van der Waals surface area contributed by atoms with Gasteiger partial charge in [0, 0.05) is 5.69 Å². The Morgan fingerprint density at radius 2 is 2.22 bits per heavy atom. The second-order valence-electron chi connectivity index (χ2n) is 5.02. The predicted molar refractivity (Wildman–Crippen MR) is 70.0 cm³/mol. The van der Waals surface area contributed by atoms with Crippen molar-refractivity contribution in [2.24, 2.45) is 0 Å². The number of anilines is 1. The smallest absolute Gasteiger partial charge is 0.330 e. The Morgan fingerprint density at radius 3 is 2.94 bits per heavy atom. The van der Waals surface area contributed by atoms with Crippen LogP contribution in [-0.4, -0.2) is 25.2 Å². The first-order valence-corrected chi connectivity index (χ1v) is 6.15. The molecule has 0 atom stereocenters. The Kier molecular flexibility index (Phi) is 3.45. The maximum absolute atomic E-state index is 11.6. The molecule has 0 saturated heterocycles. The number of carbonyl (C=O) groups excluding carboxylic acids is 1. The molecular formula is C14H19NO3. The third-order valence-electron chi connectivity index (χ3n) is 3.06. The van der Waals surface area contributed by atoms with Gasteiger partial charge in [-0.25, -0.2) is 4.79 Å². The van der Waals surface area contributed by atoms with E-state index in [4.69, 9.17) is 9.47 Å². The van der Waals surface area contributed by atoms with Gasteiger partial charge in [0.05, 0.1) is 13.7 Å². The highest BCUT2D eigenvalue weighted by Gasteiger charge is 2.28. The van der Waals surface area contributed by atoms with Gasteiger partial charge < -0.3 is 14.8 Å². The number of ether oxygens (including phenoxy) is 2. The number of benzene rings is 1. The van der Waals surface area contributed by atoms with Crippen LogP contribution in [0, 0.1) is 0 Å². The van der Waals surface area contributed by atoms with E-state index in [1.165, 1.54) is 12.7 Å². The van der Waals surface area contributed by atoms with E-state index in [2.05, 4.69) is 5.32 Å². The van der Waals surface area contributed by atoms with Crippen molar-refractivity contribution in [3.8, 4) is 5.75 Å². The number of hydrogen-bond acceptors (Lipinski definition) is 4. The minimum absolute atomic E-state index is 0.281. The maximum Gasteiger partial charge on any atom is 0.330 e. The van der Waals surface area contributed by atoms with Crippen LogP contribution < -0.4 is 10.1 Å². The molecule has 1 aliphatic heterocycles. The molecule has 1 heterocycles. The van der Waals surface area contributed by atoms with Crippen molar-refractivity contribution in [3.63, 3.8) is 0 Å². The molecule has 1 aliphatic rings. The van der Waals surface area contributed by atoms with E-state index in [1.807, 2.05) is 18.2 Å². The Morgan fingerprint density at radius 1 is 1.44 bits per heavy atom. The zero-order chi connectivity index (χ0) is 13.2. The highest BCUT2D eigenvalue weighted by Crippen LogP contribution is 2.28. The van der Waals surface area contributed by atoms with Gasteiger partial charge in [-0.05, 0) is 50.5 Å². The van der Waals surface area contributed by atoms with Gasteiger partial charge in [0.1, 0.15) is 11.3 Å². The van der Waals surface area contributed by atoms with Gasteiger partial charge in [-0.2, -0.15) is 0 Å². The van der Waals surface area contributed by atoms with Crippen LogP contribution in [0.25, 0.3) is 0 Å². The summed E-state index contributed by atoms with van der Waals surface area (Å²) in [4.78, 5) is 11.6. The number of rotatable bonds is 3. The molecule has 0 bridgehead atoms. The Balaban J connectivity index is 2.17. The third kappa shape index (κ3) is 2.58. The monoisotopic (exact) mass is 249 g/mol. The molecule has 4 nitrogen and oxygen atoms in total. The summed E-state index contributed by atoms with van der Waals surface area (Å²) in [6.07, 6.45) is 2.06. The van der Waals surface area contributed by atoms with E-state index >= 15 is 0 Å². The Labute approximate surface area is 107 Å². The van der Waals surface area contributed by atoms with Gasteiger partial charge in [-0.1, -0.05) is 0 Å². The standard InChI is InChI=1S/C14H19NO3/c1-14(2,13(16)17-3)15-11-6-7-12-10(9-11)5-4-8-18-12/h6-7,9,15H,4-5,8H2,1-3H3. The van der Waals surface area contributed by atoms with E-state index in [1.54, 1.807) is 13.8 Å². The predicted octanol–water partition coefficient (Wildman–Crippen LogP) is 2.38. The summed E-state index contributed by atoms with van der Waals surface area (Å²) in [5.74, 6) is 0.666. The van der Waals surface area contributed by atoms with Crippen molar-refractivity contribution in [1.82, 2.24) is 0 Å². The van der Waals surface area contributed by atoms with Gasteiger partial charge in [0.25, 0.3) is 0 Å². The molecule has 2 rings (SSSR count). The largest absolute Gasteiger partial charge is 0.493 e. The Hall–Kier alpha value is -1.71. The molecular weight excluding hydrogens is 230 g/mol. The van der Waals surface area contributed by atoms with Crippen LogP contribution in [0.3, 0.4) is 0 Å². The van der Waals surface area contributed by atoms with Crippen LogP contribution in [0.4, 0.5) is 5.69 Å². The number of aryl methyl sites for hydroxylation is 1. The van der Waals surface area contributed by atoms with Crippen LogP contribution >= 0.6 is 0 Å². The van der Waals surface area contributed by atoms with E-state index in [0.717, 1.165) is 30.9 Å². The third-order valence-corrected chi connectivity index (χ3v) is 3.06. The average molecular weight is 249 g/mol. The molecule has 18 heavy (non-hydrogen) atoms. The second kappa shape index (κ2) is 4.88. The van der Waals surface area contributed by atoms with E-state index in [9.17, 15) is 4.79 Å². The van der Waals surface area contributed by atoms with Crippen molar-refractivity contribution in [1.29, 1.82) is 0 Å². The van der Waals surface area contributed by atoms with E-state index < -0.39 is 5.54 Å². The SMILES string of the molecule is COC(=O)C(C)(C)Nc1ccc2c(c1)CCCO2. The number of nitrogens with one attached hydrogen (secondary N) is 1. The van der Waals surface area contributed by atoms with Crippen LogP contribution in [0.2, 0.25) is 0 Å². The molecule has 0 aliphatic carbocycles. The summed E-state index contributed by atoms with van der Waals surface area (Å²) >= 11 is 0. The van der Waals surface area contributed by atoms with Crippen LogP contribution in [0.1, 0.15) is 25.8 Å². The topological polar surface area (TPSA) is 47.6 Å². The average Bonchev–Trinajstić information content (AvgIpc) is 2.37. The maximum atomic E-state index is 11.6. The molecule has 1 aromatic rings. The summed E-state index contributed by atoms with van der Waals surface area (Å²) < 4.78 is 10.3. The zero-order valence-electron chi connectivity index (χ0n) is 11.1. The summed E-state index contributed by atoms with van der Waals surface area (Å²) in [6.45, 7) is 4.39. The highest BCUT2D eigenvalue weighted by molar-refractivity contribution is 5.83. The molecule has 0 aromatic heterocycles. The lowest BCUT2D eigenvalue weighted by molar-refractivity contribution is -0.144. The fraction of sp³-hybridized carbons (Fsp3) is 0.500. The fourth-order valence-electron chi connectivity index (χ4n) is 2.11. The number of fused-ring (bicyclic) bond motifs is 1. The molecule has 1 N–H and O–H groups in total. The first-order valence-electron chi connectivity index (χ1n) is 6.15. The quantitative estimate of drug-likeness (QED) is 0.835. The van der Waals surface area contributed by atoms with Gasteiger partial charge in [0.2, 0.25) is 0 Å². The van der Waals surface area contributed by atoms with E-state index in [0.29, 0.717) is 0 Å². The van der Waals surface area contributed by atoms with Crippen molar-refractivity contribution < 1.29 is 14.3 Å². The summed E-state index contributed by atoms with van der Waals surface area (Å²) in [7, 11) is 1.40.